The molecule has 21 heavy (non-hydrogen) atoms. The molecule has 0 amide bonds. The second-order valence-electron chi connectivity index (χ2n) is 5.90. The average molecular weight is 408 g/mol. The molecule has 0 aliphatic rings. The molecule has 1 aromatic heterocycles. The van der Waals surface area contributed by atoms with E-state index in [1.54, 1.807) is 0 Å². The van der Waals surface area contributed by atoms with Gasteiger partial charge < -0.3 is 0 Å². The quantitative estimate of drug-likeness (QED) is 0.474. The molecule has 1 rings (SSSR count). The normalized spacial score (nSPS) is 13.1. The summed E-state index contributed by atoms with van der Waals surface area (Å²) in [6.45, 7) is 13.8. The summed E-state index contributed by atoms with van der Waals surface area (Å²) in [4.78, 5) is 0. The first-order valence-corrected chi connectivity index (χ1v) is 11.0. The predicted molar refractivity (Wildman–Crippen MR) is 89.2 cm³/mol. The van der Waals surface area contributed by atoms with Gasteiger partial charge in [0.15, 0.2) is 0 Å². The molecule has 0 spiro atoms. The summed E-state index contributed by atoms with van der Waals surface area (Å²) in [6.07, 6.45) is 11.5. The van der Waals surface area contributed by atoms with Crippen LogP contribution in [0.4, 0.5) is 0 Å². The molecule has 0 saturated carbocycles. The average Bonchev–Trinajstić information content (AvgIpc) is 2.97. The molecule has 0 bridgehead atoms. The Labute approximate surface area is 143 Å². The summed E-state index contributed by atoms with van der Waals surface area (Å²) in [7, 11) is 6.42. The molecular formula is C17H32AgClN2-2. The number of hydrogen-bond acceptors (Lipinski definition) is 0. The van der Waals surface area contributed by atoms with E-state index < -0.39 is 0 Å². The molecule has 2 nitrogen and oxygen atoms in total. The zero-order valence-electron chi connectivity index (χ0n) is 14.5. The van der Waals surface area contributed by atoms with Gasteiger partial charge in [0, 0.05) is 0 Å². The summed E-state index contributed by atoms with van der Waals surface area (Å²) >= 11 is 0.294. The Morgan fingerprint density at radius 1 is 0.762 bits per heavy atom. The molecule has 0 fully saturated rings. The van der Waals surface area contributed by atoms with Crippen LogP contribution in [0, 0.1) is 3.63 Å². The van der Waals surface area contributed by atoms with Gasteiger partial charge in [0.25, 0.3) is 0 Å². The van der Waals surface area contributed by atoms with Gasteiger partial charge in [0.2, 0.25) is 0 Å². The van der Waals surface area contributed by atoms with Crippen LogP contribution < -0.4 is 0 Å². The van der Waals surface area contributed by atoms with Crippen LogP contribution in [0.1, 0.15) is 80.1 Å². The minimum atomic E-state index is 0.212. The third-order valence-corrected chi connectivity index (χ3v) is 7.31. The first kappa shape index (κ1) is 19.3. The van der Waals surface area contributed by atoms with Crippen LogP contribution in [-0.4, -0.2) is 9.13 Å². The van der Waals surface area contributed by atoms with Gasteiger partial charge in [-0.2, -0.15) is 0 Å². The number of imidazole rings is 1. The Morgan fingerprint density at radius 3 is 1.24 bits per heavy atom. The molecule has 0 aliphatic carbocycles. The third kappa shape index (κ3) is 3.29. The second-order valence-corrected chi connectivity index (χ2v) is 7.52. The van der Waals surface area contributed by atoms with E-state index in [9.17, 15) is 0 Å². The SMILES string of the molecule is CCC(CC)(CC)n1ccn(C(CC)(CC)CC)[c]1=[Ag-2][Cl]. The van der Waals surface area contributed by atoms with E-state index in [1.165, 1.54) is 3.63 Å². The van der Waals surface area contributed by atoms with Crippen LogP contribution in [0.5, 0.6) is 0 Å². The predicted octanol–water partition coefficient (Wildman–Crippen LogP) is 5.91. The molecule has 1 aromatic rings. The van der Waals surface area contributed by atoms with E-state index in [0.717, 1.165) is 38.5 Å². The Kier molecular flexibility index (Phi) is 7.53. The Hall–Kier alpha value is 0.240. The van der Waals surface area contributed by atoms with E-state index in [0.29, 0.717) is 18.2 Å². The number of aromatic nitrogens is 2. The van der Waals surface area contributed by atoms with E-state index in [1.807, 2.05) is 0 Å². The maximum atomic E-state index is 6.42. The molecule has 1 heterocycles. The standard InChI is InChI=1S/C17H32N2.Ag.ClH/c1-7-16(8-2,9-3)18-13-14-19(15-18)17(10-4,11-5)12-6;;/h13-14H,7-12H2,1-6H3;;1H/q;-1;/p-1. The molecule has 0 aliphatic heterocycles. The monoisotopic (exact) mass is 406 g/mol. The van der Waals surface area contributed by atoms with Crippen molar-refractivity contribution in [2.24, 2.45) is 0 Å². The number of rotatable bonds is 8. The fourth-order valence-corrected chi connectivity index (χ4v) is 5.45. The molecule has 0 saturated heterocycles. The molecule has 0 N–H and O–H groups in total. The van der Waals surface area contributed by atoms with Crippen LogP contribution in [0.3, 0.4) is 0 Å². The summed E-state index contributed by atoms with van der Waals surface area (Å²) in [5.41, 5.74) is 0.425. The van der Waals surface area contributed by atoms with Crippen molar-refractivity contribution in [2.45, 2.75) is 91.1 Å². The molecule has 0 radical (unpaired) electrons. The number of nitrogens with zero attached hydrogens (tertiary/aromatic N) is 2. The van der Waals surface area contributed by atoms with Crippen LogP contribution >= 0.6 is 9.19 Å². The summed E-state index contributed by atoms with van der Waals surface area (Å²) in [5.74, 6) is 0. The minimum absolute atomic E-state index is 0.212. The fraction of sp³-hybridized carbons (Fsp3) is 0.824. The Bertz CT molecular complexity index is 436. The van der Waals surface area contributed by atoms with E-state index >= 15 is 0 Å². The Morgan fingerprint density at radius 2 is 1.05 bits per heavy atom. The molecule has 130 valence electrons. The van der Waals surface area contributed by atoms with Crippen molar-refractivity contribution < 1.29 is 18.2 Å². The maximum absolute atomic E-state index is 6.42. The molecular weight excluding hydrogens is 376 g/mol. The van der Waals surface area contributed by atoms with Crippen molar-refractivity contribution in [3.8, 4) is 0 Å². The van der Waals surface area contributed by atoms with Gasteiger partial charge in [0.1, 0.15) is 0 Å². The van der Waals surface area contributed by atoms with Crippen molar-refractivity contribution in [1.82, 2.24) is 9.13 Å². The van der Waals surface area contributed by atoms with Crippen molar-refractivity contribution in [3.63, 3.8) is 0 Å². The first-order chi connectivity index (χ1) is 10.0. The molecule has 0 unspecified atom stereocenters. The van der Waals surface area contributed by atoms with E-state index in [-0.39, 0.29) is 11.1 Å². The van der Waals surface area contributed by atoms with Crippen LogP contribution in [0.2, 0.25) is 0 Å². The van der Waals surface area contributed by atoms with Crippen molar-refractivity contribution in [3.05, 3.63) is 16.0 Å². The summed E-state index contributed by atoms with van der Waals surface area (Å²) in [5, 5.41) is 0. The third-order valence-electron chi connectivity index (χ3n) is 5.75. The van der Waals surface area contributed by atoms with Crippen LogP contribution in [0.25, 0.3) is 0 Å². The van der Waals surface area contributed by atoms with Crippen molar-refractivity contribution >= 4 is 9.19 Å². The van der Waals surface area contributed by atoms with Crippen LogP contribution in [-0.2, 0) is 29.3 Å². The van der Waals surface area contributed by atoms with Gasteiger partial charge >= 0.3 is 144 Å². The van der Waals surface area contributed by atoms with Gasteiger partial charge in [0.05, 0.1) is 0 Å². The van der Waals surface area contributed by atoms with Gasteiger partial charge in [-0.1, -0.05) is 0 Å². The Balaban J connectivity index is 3.57. The van der Waals surface area contributed by atoms with Crippen molar-refractivity contribution in [2.75, 3.05) is 0 Å². The number of hydrogen-bond donors (Lipinski definition) is 0. The van der Waals surface area contributed by atoms with Crippen molar-refractivity contribution in [1.29, 1.82) is 0 Å². The van der Waals surface area contributed by atoms with E-state index in [4.69, 9.17) is 9.19 Å². The second kappa shape index (κ2) is 8.19. The number of halogens is 1. The molecule has 0 atom stereocenters. The van der Waals surface area contributed by atoms with Gasteiger partial charge in [-0.15, -0.1) is 0 Å². The first-order valence-electron chi connectivity index (χ1n) is 8.37. The summed E-state index contributed by atoms with van der Waals surface area (Å²) < 4.78 is 6.26. The summed E-state index contributed by atoms with van der Waals surface area (Å²) in [6, 6.07) is 0. The van der Waals surface area contributed by atoms with Gasteiger partial charge in [-0.3, -0.25) is 0 Å². The zero-order chi connectivity index (χ0) is 16.1. The fourth-order valence-electron chi connectivity index (χ4n) is 3.61. The molecule has 0 aromatic carbocycles. The van der Waals surface area contributed by atoms with Gasteiger partial charge in [-0.05, 0) is 0 Å². The van der Waals surface area contributed by atoms with Gasteiger partial charge in [-0.25, -0.2) is 0 Å². The zero-order valence-corrected chi connectivity index (χ0v) is 16.7. The van der Waals surface area contributed by atoms with Crippen LogP contribution in [0.15, 0.2) is 12.4 Å². The molecule has 4 heteroatoms. The topological polar surface area (TPSA) is 9.86 Å². The van der Waals surface area contributed by atoms with E-state index in [2.05, 4.69) is 63.1 Å².